The van der Waals surface area contributed by atoms with E-state index in [1.807, 2.05) is 11.9 Å². The summed E-state index contributed by atoms with van der Waals surface area (Å²) in [7, 11) is 1.83. The van der Waals surface area contributed by atoms with E-state index < -0.39 is 0 Å². The van der Waals surface area contributed by atoms with E-state index in [0.29, 0.717) is 30.9 Å². The Morgan fingerprint density at radius 3 is 3.06 bits per heavy atom. The second-order valence-corrected chi connectivity index (χ2v) is 4.29. The highest BCUT2D eigenvalue weighted by Crippen LogP contribution is 2.22. The van der Waals surface area contributed by atoms with Crippen molar-refractivity contribution >= 4 is 6.01 Å². The van der Waals surface area contributed by atoms with Gasteiger partial charge in [0.1, 0.15) is 0 Å². The van der Waals surface area contributed by atoms with E-state index in [1.54, 1.807) is 0 Å². The van der Waals surface area contributed by atoms with Gasteiger partial charge in [0, 0.05) is 13.1 Å². The minimum absolute atomic E-state index is 0.312. The summed E-state index contributed by atoms with van der Waals surface area (Å²) in [4.78, 5) is 1.94. The number of aromatic nitrogens is 2. The Morgan fingerprint density at radius 1 is 1.56 bits per heavy atom. The van der Waals surface area contributed by atoms with Crippen molar-refractivity contribution in [3.8, 4) is 0 Å². The number of aliphatic hydroxyl groups is 1. The zero-order valence-corrected chi connectivity index (χ0v) is 9.68. The number of piperidine rings is 1. The molecule has 1 saturated heterocycles. The molecule has 0 aromatic carbocycles. The standard InChI is InChI=1S/C10H18N4O2/c1-7-3-4-14(6-8(7)15)10-13-12-9(16-10)5-11-2/h7-8,11,15H,3-6H2,1-2H3. The largest absolute Gasteiger partial charge is 0.407 e. The summed E-state index contributed by atoms with van der Waals surface area (Å²) >= 11 is 0. The van der Waals surface area contributed by atoms with Gasteiger partial charge in [-0.15, -0.1) is 5.10 Å². The van der Waals surface area contributed by atoms with Crippen LogP contribution in [0.5, 0.6) is 0 Å². The van der Waals surface area contributed by atoms with Gasteiger partial charge >= 0.3 is 6.01 Å². The Labute approximate surface area is 94.7 Å². The first kappa shape index (κ1) is 11.3. The van der Waals surface area contributed by atoms with Crippen LogP contribution in [0.3, 0.4) is 0 Å². The third kappa shape index (κ3) is 2.33. The molecule has 0 spiro atoms. The van der Waals surface area contributed by atoms with E-state index in [4.69, 9.17) is 4.42 Å². The maximum atomic E-state index is 9.78. The molecule has 2 N–H and O–H groups in total. The molecule has 1 aliphatic heterocycles. The normalized spacial score (nSPS) is 26.1. The minimum atomic E-state index is -0.312. The van der Waals surface area contributed by atoms with Crippen molar-refractivity contribution in [2.24, 2.45) is 5.92 Å². The first-order valence-electron chi connectivity index (χ1n) is 5.60. The maximum Gasteiger partial charge on any atom is 0.318 e. The van der Waals surface area contributed by atoms with E-state index in [-0.39, 0.29) is 6.10 Å². The van der Waals surface area contributed by atoms with E-state index in [2.05, 4.69) is 22.4 Å². The zero-order valence-electron chi connectivity index (χ0n) is 9.68. The van der Waals surface area contributed by atoms with Crippen molar-refractivity contribution in [2.75, 3.05) is 25.0 Å². The number of hydrogen-bond donors (Lipinski definition) is 2. The summed E-state index contributed by atoms with van der Waals surface area (Å²) in [5.74, 6) is 0.918. The number of anilines is 1. The Bertz CT molecular complexity index is 341. The van der Waals surface area contributed by atoms with Crippen LogP contribution in [0.2, 0.25) is 0 Å². The van der Waals surface area contributed by atoms with Crippen LogP contribution in [-0.4, -0.2) is 41.5 Å². The van der Waals surface area contributed by atoms with Gasteiger partial charge in [-0.25, -0.2) is 0 Å². The first-order valence-corrected chi connectivity index (χ1v) is 5.60. The lowest BCUT2D eigenvalue weighted by Gasteiger charge is -2.32. The fourth-order valence-electron chi connectivity index (χ4n) is 1.82. The molecule has 1 aliphatic rings. The number of hydrogen-bond acceptors (Lipinski definition) is 6. The van der Waals surface area contributed by atoms with Gasteiger partial charge in [0.25, 0.3) is 0 Å². The van der Waals surface area contributed by atoms with E-state index in [9.17, 15) is 5.11 Å². The second-order valence-electron chi connectivity index (χ2n) is 4.29. The molecule has 16 heavy (non-hydrogen) atoms. The average molecular weight is 226 g/mol. The van der Waals surface area contributed by atoms with Gasteiger partial charge in [0.05, 0.1) is 12.6 Å². The summed E-state index contributed by atoms with van der Waals surface area (Å²) in [6.45, 7) is 4.06. The fourth-order valence-corrected chi connectivity index (χ4v) is 1.82. The van der Waals surface area contributed by atoms with Gasteiger partial charge in [-0.2, -0.15) is 0 Å². The summed E-state index contributed by atoms with van der Waals surface area (Å²) in [5, 5.41) is 20.6. The number of nitrogens with one attached hydrogen (secondary N) is 1. The van der Waals surface area contributed by atoms with Crippen LogP contribution in [0.15, 0.2) is 4.42 Å². The highest BCUT2D eigenvalue weighted by Gasteiger charge is 2.27. The SMILES string of the molecule is CNCc1nnc(N2CCC(C)C(O)C2)o1. The van der Waals surface area contributed by atoms with Crippen molar-refractivity contribution in [1.29, 1.82) is 0 Å². The van der Waals surface area contributed by atoms with Crippen LogP contribution < -0.4 is 10.2 Å². The first-order chi connectivity index (χ1) is 7.70. The topological polar surface area (TPSA) is 74.4 Å². The smallest absolute Gasteiger partial charge is 0.318 e. The lowest BCUT2D eigenvalue weighted by Crippen LogP contribution is -2.43. The predicted molar refractivity (Wildman–Crippen MR) is 59.1 cm³/mol. The minimum Gasteiger partial charge on any atom is -0.407 e. The van der Waals surface area contributed by atoms with Crippen LogP contribution in [0, 0.1) is 5.92 Å². The van der Waals surface area contributed by atoms with Gasteiger partial charge in [0.15, 0.2) is 0 Å². The van der Waals surface area contributed by atoms with Crippen LogP contribution in [-0.2, 0) is 6.54 Å². The monoisotopic (exact) mass is 226 g/mol. The molecular formula is C10H18N4O2. The van der Waals surface area contributed by atoms with E-state index in [0.717, 1.165) is 13.0 Å². The molecule has 1 fully saturated rings. The quantitative estimate of drug-likeness (QED) is 0.755. The number of rotatable bonds is 3. The molecule has 0 saturated carbocycles. The number of aliphatic hydroxyl groups excluding tert-OH is 1. The second kappa shape index (κ2) is 4.80. The Balaban J connectivity index is 2.01. The van der Waals surface area contributed by atoms with Crippen molar-refractivity contribution in [3.05, 3.63) is 5.89 Å². The van der Waals surface area contributed by atoms with Crippen LogP contribution >= 0.6 is 0 Å². The molecule has 2 unspecified atom stereocenters. The Morgan fingerprint density at radius 2 is 2.38 bits per heavy atom. The van der Waals surface area contributed by atoms with Crippen LogP contribution in [0.25, 0.3) is 0 Å². The fraction of sp³-hybridized carbons (Fsp3) is 0.800. The lowest BCUT2D eigenvalue weighted by molar-refractivity contribution is 0.101. The molecular weight excluding hydrogens is 208 g/mol. The van der Waals surface area contributed by atoms with E-state index >= 15 is 0 Å². The molecule has 0 aliphatic carbocycles. The predicted octanol–water partition coefficient (Wildman–Crippen LogP) is -0.00390. The van der Waals surface area contributed by atoms with Gasteiger partial charge in [-0.05, 0) is 19.4 Å². The maximum absolute atomic E-state index is 9.78. The lowest BCUT2D eigenvalue weighted by atomic mass is 9.96. The molecule has 2 heterocycles. The van der Waals surface area contributed by atoms with Gasteiger partial charge in [-0.3, -0.25) is 0 Å². The molecule has 6 heteroatoms. The molecule has 1 aromatic heterocycles. The molecule has 2 atom stereocenters. The third-order valence-corrected chi connectivity index (χ3v) is 2.97. The van der Waals surface area contributed by atoms with Crippen molar-refractivity contribution < 1.29 is 9.52 Å². The summed E-state index contributed by atoms with van der Waals surface area (Å²) in [6, 6.07) is 0.510. The number of nitrogens with zero attached hydrogens (tertiary/aromatic N) is 3. The average Bonchev–Trinajstić information content (AvgIpc) is 2.71. The van der Waals surface area contributed by atoms with Crippen LogP contribution in [0.1, 0.15) is 19.2 Å². The van der Waals surface area contributed by atoms with Gasteiger partial charge < -0.3 is 19.7 Å². The third-order valence-electron chi connectivity index (χ3n) is 2.97. The zero-order chi connectivity index (χ0) is 11.5. The molecule has 0 bridgehead atoms. The molecule has 0 amide bonds. The molecule has 90 valence electrons. The molecule has 6 nitrogen and oxygen atoms in total. The number of β-amino-alcohol motifs (C(OH)–C–C–N with tert-alkyl or cyclic N) is 1. The van der Waals surface area contributed by atoms with Gasteiger partial charge in [0.2, 0.25) is 5.89 Å². The molecule has 1 aromatic rings. The summed E-state index contributed by atoms with van der Waals surface area (Å²) in [5.41, 5.74) is 0. The Kier molecular flexibility index (Phi) is 3.40. The molecule has 0 radical (unpaired) electrons. The highest BCUT2D eigenvalue weighted by atomic mass is 16.4. The van der Waals surface area contributed by atoms with Crippen molar-refractivity contribution in [3.63, 3.8) is 0 Å². The van der Waals surface area contributed by atoms with Gasteiger partial charge in [-0.1, -0.05) is 12.0 Å². The highest BCUT2D eigenvalue weighted by molar-refractivity contribution is 5.25. The van der Waals surface area contributed by atoms with Crippen molar-refractivity contribution in [1.82, 2.24) is 15.5 Å². The van der Waals surface area contributed by atoms with E-state index in [1.165, 1.54) is 0 Å². The molecule has 2 rings (SSSR count). The summed E-state index contributed by atoms with van der Waals surface area (Å²) < 4.78 is 5.48. The van der Waals surface area contributed by atoms with Crippen LogP contribution in [0.4, 0.5) is 6.01 Å². The summed E-state index contributed by atoms with van der Waals surface area (Å²) in [6.07, 6.45) is 0.638. The Hall–Kier alpha value is -1.14. The van der Waals surface area contributed by atoms with Crippen molar-refractivity contribution in [2.45, 2.75) is 26.0 Å².